The topological polar surface area (TPSA) is 51.2 Å². The molecule has 3 rings (SSSR count). The molecule has 2 aliphatic heterocycles. The molecule has 2 saturated heterocycles. The standard InChI is InChI=1S/C22H35N5O/c1-18-17-27(11-9-21(18)20-7-5-4-6-8-20)22(23-3)24-10-12-25-13-15-26(16-14-25)19(2)28/h4-8,18,21H,9-17H2,1-3H3,(H,23,24). The summed E-state index contributed by atoms with van der Waals surface area (Å²) in [5, 5.41) is 3.55. The van der Waals surface area contributed by atoms with Crippen molar-refractivity contribution in [1.29, 1.82) is 0 Å². The van der Waals surface area contributed by atoms with Gasteiger partial charge in [0.1, 0.15) is 0 Å². The van der Waals surface area contributed by atoms with E-state index in [1.165, 1.54) is 12.0 Å². The summed E-state index contributed by atoms with van der Waals surface area (Å²) >= 11 is 0. The molecular formula is C22H35N5O. The van der Waals surface area contributed by atoms with Crippen molar-refractivity contribution in [1.82, 2.24) is 20.0 Å². The van der Waals surface area contributed by atoms with E-state index in [0.29, 0.717) is 11.8 Å². The maximum Gasteiger partial charge on any atom is 0.219 e. The fourth-order valence-electron chi connectivity index (χ4n) is 4.48. The molecule has 1 aromatic carbocycles. The number of hydrogen-bond donors (Lipinski definition) is 1. The number of benzene rings is 1. The molecule has 2 fully saturated rings. The number of nitrogens with one attached hydrogen (secondary N) is 1. The predicted molar refractivity (Wildman–Crippen MR) is 115 cm³/mol. The van der Waals surface area contributed by atoms with Crippen LogP contribution in [0.15, 0.2) is 35.3 Å². The van der Waals surface area contributed by atoms with Crippen molar-refractivity contribution in [3.63, 3.8) is 0 Å². The molecular weight excluding hydrogens is 350 g/mol. The fourth-order valence-corrected chi connectivity index (χ4v) is 4.48. The molecule has 0 bridgehead atoms. The Bertz CT molecular complexity index is 654. The van der Waals surface area contributed by atoms with Gasteiger partial charge in [0.15, 0.2) is 5.96 Å². The number of hydrogen-bond acceptors (Lipinski definition) is 3. The summed E-state index contributed by atoms with van der Waals surface area (Å²) in [6.45, 7) is 11.6. The van der Waals surface area contributed by atoms with Crippen LogP contribution in [0.2, 0.25) is 0 Å². The largest absolute Gasteiger partial charge is 0.355 e. The highest BCUT2D eigenvalue weighted by Gasteiger charge is 2.28. The van der Waals surface area contributed by atoms with Crippen LogP contribution in [0.1, 0.15) is 31.7 Å². The van der Waals surface area contributed by atoms with Crippen molar-refractivity contribution in [3.05, 3.63) is 35.9 Å². The van der Waals surface area contributed by atoms with Crippen molar-refractivity contribution < 1.29 is 4.79 Å². The third-order valence-electron chi connectivity index (χ3n) is 6.17. The average molecular weight is 386 g/mol. The van der Waals surface area contributed by atoms with Crippen molar-refractivity contribution in [2.45, 2.75) is 26.2 Å². The Morgan fingerprint density at radius 1 is 1.11 bits per heavy atom. The molecule has 2 unspecified atom stereocenters. The van der Waals surface area contributed by atoms with Crippen molar-refractivity contribution in [3.8, 4) is 0 Å². The van der Waals surface area contributed by atoms with Gasteiger partial charge in [0.2, 0.25) is 5.91 Å². The quantitative estimate of drug-likeness (QED) is 0.635. The van der Waals surface area contributed by atoms with E-state index in [-0.39, 0.29) is 5.91 Å². The second kappa shape index (κ2) is 9.92. The maximum absolute atomic E-state index is 11.4. The molecule has 0 spiro atoms. The fraction of sp³-hybridized carbons (Fsp3) is 0.636. The molecule has 1 amide bonds. The van der Waals surface area contributed by atoms with Crippen LogP contribution >= 0.6 is 0 Å². The molecule has 0 radical (unpaired) electrons. The van der Waals surface area contributed by atoms with Gasteiger partial charge in [-0.15, -0.1) is 0 Å². The highest BCUT2D eigenvalue weighted by atomic mass is 16.2. The third kappa shape index (κ3) is 5.25. The first-order valence-corrected chi connectivity index (χ1v) is 10.6. The Kier molecular flexibility index (Phi) is 7.31. The van der Waals surface area contributed by atoms with Gasteiger partial charge in [0.25, 0.3) is 0 Å². The summed E-state index contributed by atoms with van der Waals surface area (Å²) in [4.78, 5) is 22.7. The zero-order valence-corrected chi connectivity index (χ0v) is 17.6. The predicted octanol–water partition coefficient (Wildman–Crippen LogP) is 1.85. The minimum absolute atomic E-state index is 0.186. The number of aliphatic imine (C=N–C) groups is 1. The Morgan fingerprint density at radius 3 is 2.43 bits per heavy atom. The Labute approximate surface area is 169 Å². The van der Waals surface area contributed by atoms with Crippen LogP contribution in [0, 0.1) is 5.92 Å². The van der Waals surface area contributed by atoms with Crippen molar-refractivity contribution >= 4 is 11.9 Å². The minimum Gasteiger partial charge on any atom is -0.355 e. The van der Waals surface area contributed by atoms with Gasteiger partial charge in [0.05, 0.1) is 0 Å². The van der Waals surface area contributed by atoms with Gasteiger partial charge in [0, 0.05) is 66.3 Å². The van der Waals surface area contributed by atoms with E-state index < -0.39 is 0 Å². The molecule has 6 nitrogen and oxygen atoms in total. The SMILES string of the molecule is CN=C(NCCN1CCN(C(C)=O)CC1)N1CCC(c2ccccc2)C(C)C1. The molecule has 1 N–H and O–H groups in total. The van der Waals surface area contributed by atoms with E-state index >= 15 is 0 Å². The van der Waals surface area contributed by atoms with E-state index in [0.717, 1.165) is 58.3 Å². The average Bonchev–Trinajstić information content (AvgIpc) is 2.72. The summed E-state index contributed by atoms with van der Waals surface area (Å²) in [5.41, 5.74) is 1.46. The highest BCUT2D eigenvalue weighted by Crippen LogP contribution is 2.32. The van der Waals surface area contributed by atoms with Crippen molar-refractivity contribution in [2.24, 2.45) is 10.9 Å². The molecule has 2 heterocycles. The van der Waals surface area contributed by atoms with Gasteiger partial charge >= 0.3 is 0 Å². The lowest BCUT2D eigenvalue weighted by molar-refractivity contribution is -0.130. The number of piperazine rings is 1. The smallest absolute Gasteiger partial charge is 0.219 e. The molecule has 0 saturated carbocycles. The lowest BCUT2D eigenvalue weighted by atomic mass is 9.82. The van der Waals surface area contributed by atoms with E-state index in [1.54, 1.807) is 6.92 Å². The molecule has 0 aromatic heterocycles. The Hall–Kier alpha value is -2.08. The summed E-state index contributed by atoms with van der Waals surface area (Å²) < 4.78 is 0. The van der Waals surface area contributed by atoms with Gasteiger partial charge < -0.3 is 15.1 Å². The third-order valence-corrected chi connectivity index (χ3v) is 6.17. The van der Waals surface area contributed by atoms with E-state index in [2.05, 4.69) is 57.4 Å². The maximum atomic E-state index is 11.4. The second-order valence-electron chi connectivity index (χ2n) is 8.05. The van der Waals surface area contributed by atoms with Crippen LogP contribution in [0.25, 0.3) is 0 Å². The van der Waals surface area contributed by atoms with Crippen molar-refractivity contribution in [2.75, 3.05) is 59.4 Å². The molecule has 1 aromatic rings. The highest BCUT2D eigenvalue weighted by molar-refractivity contribution is 5.80. The number of guanidine groups is 1. The second-order valence-corrected chi connectivity index (χ2v) is 8.05. The molecule has 28 heavy (non-hydrogen) atoms. The summed E-state index contributed by atoms with van der Waals surface area (Å²) in [5.74, 6) is 2.44. The Balaban J connectivity index is 1.43. The lowest BCUT2D eigenvalue weighted by Gasteiger charge is -2.39. The zero-order valence-electron chi connectivity index (χ0n) is 17.6. The van der Waals surface area contributed by atoms with Gasteiger partial charge in [-0.2, -0.15) is 0 Å². The summed E-state index contributed by atoms with van der Waals surface area (Å²) in [6.07, 6.45) is 1.17. The molecule has 0 aliphatic carbocycles. The number of likely N-dealkylation sites (tertiary alicyclic amines) is 1. The zero-order chi connectivity index (χ0) is 19.9. The normalized spacial score (nSPS) is 24.3. The first-order chi connectivity index (χ1) is 13.6. The van der Waals surface area contributed by atoms with Gasteiger partial charge in [-0.3, -0.25) is 14.7 Å². The van der Waals surface area contributed by atoms with Gasteiger partial charge in [-0.25, -0.2) is 0 Å². The monoisotopic (exact) mass is 385 g/mol. The summed E-state index contributed by atoms with van der Waals surface area (Å²) in [7, 11) is 1.88. The molecule has 154 valence electrons. The number of carbonyl (C=O) groups is 1. The van der Waals surface area contributed by atoms with Crippen LogP contribution in [-0.4, -0.2) is 86.0 Å². The number of rotatable bonds is 4. The van der Waals surface area contributed by atoms with E-state index in [9.17, 15) is 4.79 Å². The minimum atomic E-state index is 0.186. The molecule has 2 atom stereocenters. The Morgan fingerprint density at radius 2 is 1.82 bits per heavy atom. The van der Waals surface area contributed by atoms with Crippen LogP contribution in [-0.2, 0) is 4.79 Å². The number of nitrogens with zero attached hydrogens (tertiary/aromatic N) is 4. The first-order valence-electron chi connectivity index (χ1n) is 10.6. The lowest BCUT2D eigenvalue weighted by Crippen LogP contribution is -2.52. The van der Waals surface area contributed by atoms with Gasteiger partial charge in [-0.05, 0) is 23.8 Å². The van der Waals surface area contributed by atoms with Crippen LogP contribution in [0.5, 0.6) is 0 Å². The number of amides is 1. The molecule has 6 heteroatoms. The first kappa shape index (κ1) is 20.6. The summed E-state index contributed by atoms with van der Waals surface area (Å²) in [6, 6.07) is 10.9. The van der Waals surface area contributed by atoms with Crippen LogP contribution < -0.4 is 5.32 Å². The van der Waals surface area contributed by atoms with E-state index in [4.69, 9.17) is 0 Å². The van der Waals surface area contributed by atoms with Crippen LogP contribution in [0.3, 0.4) is 0 Å². The molecule has 2 aliphatic rings. The number of carbonyl (C=O) groups excluding carboxylic acids is 1. The van der Waals surface area contributed by atoms with Crippen LogP contribution in [0.4, 0.5) is 0 Å². The van der Waals surface area contributed by atoms with Gasteiger partial charge in [-0.1, -0.05) is 37.3 Å². The van der Waals surface area contributed by atoms with E-state index in [1.807, 2.05) is 11.9 Å². The number of piperidine rings is 1.